The lowest BCUT2D eigenvalue weighted by atomic mass is 9.88. The van der Waals surface area contributed by atoms with Crippen molar-refractivity contribution in [2.45, 2.75) is 81.7 Å². The number of hydrogen-bond acceptors (Lipinski definition) is 13. The number of nitrogens with zero attached hydrogens (tertiary/aromatic N) is 9. The Kier molecular flexibility index (Phi) is 12.2. The summed E-state index contributed by atoms with van der Waals surface area (Å²) in [5.41, 5.74) is 2.80. The lowest BCUT2D eigenvalue weighted by molar-refractivity contribution is -0.134. The number of ether oxygens (including phenoxy) is 1. The summed E-state index contributed by atoms with van der Waals surface area (Å²) < 4.78 is 40.6. The Hall–Kier alpha value is -6.81. The van der Waals surface area contributed by atoms with E-state index >= 15 is 8.78 Å². The van der Waals surface area contributed by atoms with Crippen LogP contribution in [0.1, 0.15) is 86.4 Å². The third-order valence-electron chi connectivity index (χ3n) is 16.5. The number of terminal acetylenes is 1. The second-order valence-corrected chi connectivity index (χ2v) is 21.4. The number of rotatable bonds is 11. The molecule has 3 unspecified atom stereocenters. The maximum atomic E-state index is 17.2. The van der Waals surface area contributed by atoms with Crippen molar-refractivity contribution in [1.29, 1.82) is 0 Å². The number of anilines is 1. The van der Waals surface area contributed by atoms with E-state index in [1.54, 1.807) is 6.20 Å². The van der Waals surface area contributed by atoms with Gasteiger partial charge in [-0.05, 0) is 112 Å². The van der Waals surface area contributed by atoms with Gasteiger partial charge in [-0.1, -0.05) is 24.1 Å². The Balaban J connectivity index is 0.692. The van der Waals surface area contributed by atoms with Crippen molar-refractivity contribution in [3.63, 3.8) is 0 Å². The molecule has 0 radical (unpaired) electrons. The van der Waals surface area contributed by atoms with Gasteiger partial charge in [-0.15, -0.1) is 6.42 Å². The van der Waals surface area contributed by atoms with Crippen LogP contribution in [0.4, 0.5) is 14.6 Å². The number of likely N-dealkylation sites (tertiary alicyclic amines) is 1. The highest BCUT2D eigenvalue weighted by atomic mass is 19.1. The smallest absolute Gasteiger partial charge is 0.319 e. The number of piperazine rings is 1. The lowest BCUT2D eigenvalue weighted by Crippen LogP contribution is -2.51. The number of benzene rings is 3. The van der Waals surface area contributed by atoms with Crippen molar-refractivity contribution in [3.05, 3.63) is 77.1 Å². The second kappa shape index (κ2) is 18.9. The molecular weight excluding hydrogens is 933 g/mol. The van der Waals surface area contributed by atoms with Gasteiger partial charge in [0.05, 0.1) is 41.2 Å². The zero-order chi connectivity index (χ0) is 50.1. The number of carbonyl (C=O) groups is 3. The Labute approximate surface area is 421 Å². The number of phenolic OH excluding ortho intramolecular Hbond substituents is 1. The zero-order valence-electron chi connectivity index (χ0n) is 41.0. The van der Waals surface area contributed by atoms with Crippen molar-refractivity contribution >= 4 is 56.1 Å². The molecule has 1 aliphatic carbocycles. The van der Waals surface area contributed by atoms with E-state index in [0.29, 0.717) is 74.7 Å². The summed E-state index contributed by atoms with van der Waals surface area (Å²) in [5.74, 6) is 0.986. The molecule has 6 aromatic rings. The molecule has 0 spiro atoms. The quantitative estimate of drug-likeness (QED) is 0.106. The molecule has 73 heavy (non-hydrogen) atoms. The average Bonchev–Trinajstić information content (AvgIpc) is 4.04. The molecule has 3 aromatic carbocycles. The number of nitrogens with one attached hydrogen (secondary N) is 2. The molecule has 3 N–H and O–H groups in total. The van der Waals surface area contributed by atoms with Crippen LogP contribution in [0.3, 0.4) is 0 Å². The van der Waals surface area contributed by atoms with E-state index in [-0.39, 0.29) is 74.7 Å². The van der Waals surface area contributed by atoms with E-state index in [1.165, 1.54) is 29.8 Å². The number of fused-ring (bicyclic) bond motifs is 5. The predicted molar refractivity (Wildman–Crippen MR) is 271 cm³/mol. The molecule has 5 aliphatic heterocycles. The molecule has 3 atom stereocenters. The number of hydrogen-bond donors (Lipinski definition) is 3. The monoisotopic (exact) mass is 991 g/mol. The Morgan fingerprint density at radius 1 is 0.932 bits per heavy atom. The van der Waals surface area contributed by atoms with E-state index in [0.717, 1.165) is 94.3 Å². The third kappa shape index (κ3) is 9.09. The van der Waals surface area contributed by atoms with Crippen LogP contribution < -0.4 is 20.3 Å². The average molecular weight is 992 g/mol. The number of phenols is 1. The number of imide groups is 1. The predicted octanol–water partition coefficient (Wildman–Crippen LogP) is 5.73. The molecule has 6 aliphatic rings. The van der Waals surface area contributed by atoms with Gasteiger partial charge in [0.1, 0.15) is 28.6 Å². The summed E-state index contributed by atoms with van der Waals surface area (Å²) >= 11 is 0. The number of aromatic nitrogens is 5. The third-order valence-corrected chi connectivity index (χ3v) is 16.5. The highest BCUT2D eigenvalue weighted by molar-refractivity contribution is 6.04. The summed E-state index contributed by atoms with van der Waals surface area (Å²) in [6.45, 7) is 7.57. The molecule has 5 saturated heterocycles. The number of piperidine rings is 2. The van der Waals surface area contributed by atoms with Gasteiger partial charge in [-0.25, -0.2) is 8.78 Å². The van der Waals surface area contributed by atoms with E-state index in [9.17, 15) is 19.5 Å². The van der Waals surface area contributed by atoms with Crippen molar-refractivity contribution in [2.75, 3.05) is 77.0 Å². The van der Waals surface area contributed by atoms with Gasteiger partial charge in [-0.3, -0.25) is 34.3 Å². The number of pyridine rings is 1. The molecular formula is C55H59F2N11O5. The Morgan fingerprint density at radius 3 is 2.51 bits per heavy atom. The van der Waals surface area contributed by atoms with Crippen LogP contribution in [-0.2, 0) is 21.4 Å². The van der Waals surface area contributed by atoms with E-state index in [4.69, 9.17) is 26.2 Å². The zero-order valence-corrected chi connectivity index (χ0v) is 41.0. The molecule has 16 nitrogen and oxygen atoms in total. The number of amides is 3. The fraction of sp³-hybridized carbons (Fsp3) is 0.473. The molecule has 12 rings (SSSR count). The lowest BCUT2D eigenvalue weighted by Gasteiger charge is -2.34. The highest BCUT2D eigenvalue weighted by Gasteiger charge is 2.45. The fourth-order valence-electron chi connectivity index (χ4n) is 12.3. The minimum absolute atomic E-state index is 0.0172. The highest BCUT2D eigenvalue weighted by Crippen LogP contribution is 2.47. The normalized spacial score (nSPS) is 22.7. The van der Waals surface area contributed by atoms with Gasteiger partial charge in [-0.2, -0.15) is 15.1 Å². The minimum Gasteiger partial charge on any atom is -0.508 e. The largest absolute Gasteiger partial charge is 0.508 e. The standard InChI is InChI=1S/C55H59F2N11O5/c1-3-38-43(56)11-6-34-23-37(69)25-41(47(34)38)50-48(57)51-42(26-58-50)52(68-27-35-7-8-36(28-68)59-35)62-54(61-51)73-31-55(15-16-55)30-66-17-4-18-67(22-21-66)46(71)29-65-19-13-32(14-20-65)33-5-9-39-44(24-33)64(2)63-49(39)40-10-12-45(70)60-53(40)72/h1,5-6,9,11,23-26,32,35-36,40,59,69H,4,7-8,10,12-22,27-31H2,2H3,(H,60,70,72). The molecule has 2 bridgehead atoms. The SMILES string of the molecule is C#Cc1c(F)ccc2cc(O)cc(-c3ncc4c(N5CC6CCC(C5)N6)nc(OCC5(CN6CCCN(C(=O)CN7CCC(c8ccc9c(C%10CCC(=O)NC%10=O)nn(C)c9c8)CC7)CC6)CC5)nc4c3F)c12. The van der Waals surface area contributed by atoms with Gasteiger partial charge >= 0.3 is 6.01 Å². The molecule has 3 aromatic heterocycles. The van der Waals surface area contributed by atoms with Crippen LogP contribution in [0, 0.1) is 29.4 Å². The number of halogens is 2. The number of aromatic hydroxyl groups is 1. The minimum atomic E-state index is -0.749. The Morgan fingerprint density at radius 2 is 1.74 bits per heavy atom. The maximum absolute atomic E-state index is 17.2. The van der Waals surface area contributed by atoms with Crippen LogP contribution in [0.15, 0.2) is 48.7 Å². The van der Waals surface area contributed by atoms with Crippen molar-refractivity contribution in [2.24, 2.45) is 12.5 Å². The van der Waals surface area contributed by atoms with Gasteiger partial charge in [0.25, 0.3) is 0 Å². The van der Waals surface area contributed by atoms with Gasteiger partial charge in [0.15, 0.2) is 5.82 Å². The van der Waals surface area contributed by atoms with Crippen LogP contribution in [0.5, 0.6) is 11.8 Å². The summed E-state index contributed by atoms with van der Waals surface area (Å²) in [6.07, 6.45) is 14.9. The first-order chi connectivity index (χ1) is 35.4. The summed E-state index contributed by atoms with van der Waals surface area (Å²) in [6, 6.07) is 12.6. The maximum Gasteiger partial charge on any atom is 0.319 e. The van der Waals surface area contributed by atoms with E-state index in [2.05, 4.69) is 54.4 Å². The first-order valence-electron chi connectivity index (χ1n) is 25.8. The number of carbonyl (C=O) groups excluding carboxylic acids is 3. The summed E-state index contributed by atoms with van der Waals surface area (Å²) in [7, 11) is 1.90. The van der Waals surface area contributed by atoms with Crippen molar-refractivity contribution < 1.29 is 33.0 Å². The second-order valence-electron chi connectivity index (χ2n) is 21.4. The van der Waals surface area contributed by atoms with E-state index < -0.39 is 17.6 Å². The van der Waals surface area contributed by atoms with Crippen molar-refractivity contribution in [1.82, 2.24) is 50.1 Å². The van der Waals surface area contributed by atoms with Crippen LogP contribution in [-0.4, -0.2) is 146 Å². The molecule has 8 heterocycles. The Bertz CT molecular complexity index is 3240. The molecule has 378 valence electrons. The molecule has 18 heteroatoms. The summed E-state index contributed by atoms with van der Waals surface area (Å²) in [4.78, 5) is 61.4. The van der Waals surface area contributed by atoms with Crippen LogP contribution >= 0.6 is 0 Å². The first-order valence-corrected chi connectivity index (χ1v) is 25.8. The first kappa shape index (κ1) is 47.2. The van der Waals surface area contributed by atoms with Crippen LogP contribution in [0.25, 0.3) is 43.8 Å². The van der Waals surface area contributed by atoms with E-state index in [1.807, 2.05) is 16.6 Å². The van der Waals surface area contributed by atoms with Gasteiger partial charge in [0.2, 0.25) is 17.7 Å². The van der Waals surface area contributed by atoms with Gasteiger partial charge < -0.3 is 29.9 Å². The number of aryl methyl sites for hydroxylation is 1. The molecule has 1 saturated carbocycles. The molecule has 3 amide bonds. The fourth-order valence-corrected chi connectivity index (χ4v) is 12.3. The topological polar surface area (TPSA) is 174 Å². The van der Waals surface area contributed by atoms with Gasteiger partial charge in [0, 0.05) is 92.8 Å². The molecule has 6 fully saturated rings. The van der Waals surface area contributed by atoms with Crippen molar-refractivity contribution in [3.8, 4) is 35.4 Å². The van der Waals surface area contributed by atoms with Crippen LogP contribution in [0.2, 0.25) is 0 Å². The summed E-state index contributed by atoms with van der Waals surface area (Å²) in [5, 5.41) is 23.6.